The molecule has 1 unspecified atom stereocenters. The van der Waals surface area contributed by atoms with Gasteiger partial charge in [-0.3, -0.25) is 0 Å². The van der Waals surface area contributed by atoms with Gasteiger partial charge >= 0.3 is 0 Å². The predicted octanol–water partition coefficient (Wildman–Crippen LogP) is 2.87. The van der Waals surface area contributed by atoms with Crippen LogP contribution in [0.1, 0.15) is 48.2 Å². The predicted molar refractivity (Wildman–Crippen MR) is 65.7 cm³/mol. The first-order valence-corrected chi connectivity index (χ1v) is 6.68. The van der Waals surface area contributed by atoms with Crippen LogP contribution in [0, 0.1) is 6.92 Å². The number of nitrogens with zero attached hydrogens (tertiary/aromatic N) is 1. The summed E-state index contributed by atoms with van der Waals surface area (Å²) in [4.78, 5) is 6.23. The van der Waals surface area contributed by atoms with Gasteiger partial charge < -0.3 is 5.32 Å². The second-order valence-corrected chi connectivity index (χ2v) is 5.98. The summed E-state index contributed by atoms with van der Waals surface area (Å²) >= 11 is 1.89. The number of fused-ring (bicyclic) bond motifs is 1. The summed E-state index contributed by atoms with van der Waals surface area (Å²) in [5.41, 5.74) is 1.39. The molecular weight excluding hydrogens is 204 g/mol. The van der Waals surface area contributed by atoms with Crippen LogP contribution in [0.15, 0.2) is 0 Å². The van der Waals surface area contributed by atoms with Crippen LogP contribution in [0.5, 0.6) is 0 Å². The molecule has 0 saturated carbocycles. The molecule has 0 bridgehead atoms. The number of aryl methyl sites for hydroxylation is 2. The number of aromatic nitrogens is 1. The minimum absolute atomic E-state index is 0.579. The molecule has 15 heavy (non-hydrogen) atoms. The topological polar surface area (TPSA) is 24.9 Å². The van der Waals surface area contributed by atoms with Crippen molar-refractivity contribution in [2.45, 2.75) is 52.0 Å². The SMILES string of the molecule is Cc1nc2c(s1)CCCC2CNC(C)C. The number of rotatable bonds is 3. The van der Waals surface area contributed by atoms with Crippen LogP contribution in [0.25, 0.3) is 0 Å². The second-order valence-electron chi connectivity index (χ2n) is 4.69. The molecule has 0 amide bonds. The number of hydrogen-bond donors (Lipinski definition) is 1. The van der Waals surface area contributed by atoms with Crippen LogP contribution < -0.4 is 5.32 Å². The molecule has 84 valence electrons. The lowest BCUT2D eigenvalue weighted by Gasteiger charge is -2.22. The third kappa shape index (κ3) is 2.58. The van der Waals surface area contributed by atoms with Gasteiger partial charge in [0.25, 0.3) is 0 Å². The van der Waals surface area contributed by atoms with E-state index in [0.717, 1.165) is 6.54 Å². The van der Waals surface area contributed by atoms with E-state index in [1.165, 1.54) is 34.8 Å². The zero-order chi connectivity index (χ0) is 10.8. The Bertz CT molecular complexity index is 330. The van der Waals surface area contributed by atoms with E-state index in [0.29, 0.717) is 12.0 Å². The second kappa shape index (κ2) is 4.62. The van der Waals surface area contributed by atoms with Gasteiger partial charge in [-0.2, -0.15) is 0 Å². The standard InChI is InChI=1S/C12H20N2S/c1-8(2)13-7-10-5-4-6-11-12(10)14-9(3)15-11/h8,10,13H,4-7H2,1-3H3. The summed E-state index contributed by atoms with van der Waals surface area (Å²) in [5.74, 6) is 0.654. The first-order chi connectivity index (χ1) is 7.16. The monoisotopic (exact) mass is 224 g/mol. The maximum atomic E-state index is 4.69. The van der Waals surface area contributed by atoms with Crippen LogP contribution in [0.4, 0.5) is 0 Å². The number of hydrogen-bond acceptors (Lipinski definition) is 3. The smallest absolute Gasteiger partial charge is 0.0900 e. The molecule has 1 aliphatic rings. The van der Waals surface area contributed by atoms with Crippen molar-refractivity contribution in [2.75, 3.05) is 6.54 Å². The van der Waals surface area contributed by atoms with E-state index >= 15 is 0 Å². The summed E-state index contributed by atoms with van der Waals surface area (Å²) in [6.07, 6.45) is 3.88. The molecule has 0 saturated heterocycles. The molecule has 1 aliphatic carbocycles. The third-order valence-corrected chi connectivity index (χ3v) is 4.00. The van der Waals surface area contributed by atoms with Crippen molar-refractivity contribution in [2.24, 2.45) is 0 Å². The molecule has 1 aromatic rings. The summed E-state index contributed by atoms with van der Waals surface area (Å²) in [5, 5.41) is 4.76. The Labute approximate surface area is 96.1 Å². The van der Waals surface area contributed by atoms with Crippen molar-refractivity contribution < 1.29 is 0 Å². The molecule has 0 aromatic carbocycles. The van der Waals surface area contributed by atoms with Gasteiger partial charge in [0, 0.05) is 23.4 Å². The average molecular weight is 224 g/mol. The van der Waals surface area contributed by atoms with E-state index in [1.54, 1.807) is 0 Å². The largest absolute Gasteiger partial charge is 0.314 e. The van der Waals surface area contributed by atoms with Gasteiger partial charge in [0.05, 0.1) is 10.7 Å². The number of nitrogens with one attached hydrogen (secondary N) is 1. The van der Waals surface area contributed by atoms with E-state index in [2.05, 4.69) is 31.1 Å². The van der Waals surface area contributed by atoms with Gasteiger partial charge in [-0.15, -0.1) is 11.3 Å². The molecule has 0 fully saturated rings. The van der Waals surface area contributed by atoms with Crippen LogP contribution in [-0.2, 0) is 6.42 Å². The average Bonchev–Trinajstić information content (AvgIpc) is 2.55. The van der Waals surface area contributed by atoms with Crippen molar-refractivity contribution >= 4 is 11.3 Å². The zero-order valence-electron chi connectivity index (χ0n) is 9.84. The van der Waals surface area contributed by atoms with Crippen LogP contribution >= 0.6 is 11.3 Å². The zero-order valence-corrected chi connectivity index (χ0v) is 10.7. The Kier molecular flexibility index (Phi) is 3.42. The summed E-state index contributed by atoms with van der Waals surface area (Å²) in [7, 11) is 0. The van der Waals surface area contributed by atoms with Crippen molar-refractivity contribution in [3.05, 3.63) is 15.6 Å². The van der Waals surface area contributed by atoms with Crippen molar-refractivity contribution in [3.63, 3.8) is 0 Å². The highest BCUT2D eigenvalue weighted by Gasteiger charge is 2.23. The van der Waals surface area contributed by atoms with Gasteiger partial charge in [0.2, 0.25) is 0 Å². The lowest BCUT2D eigenvalue weighted by molar-refractivity contribution is 0.474. The molecule has 2 nitrogen and oxygen atoms in total. The van der Waals surface area contributed by atoms with Crippen LogP contribution in [-0.4, -0.2) is 17.6 Å². The third-order valence-electron chi connectivity index (χ3n) is 2.95. The Morgan fingerprint density at radius 1 is 1.53 bits per heavy atom. The molecule has 3 heteroatoms. The fraction of sp³-hybridized carbons (Fsp3) is 0.750. The van der Waals surface area contributed by atoms with Crippen molar-refractivity contribution in [1.29, 1.82) is 0 Å². The summed E-state index contributed by atoms with van der Waals surface area (Å²) in [6, 6.07) is 0.579. The van der Waals surface area contributed by atoms with Crippen molar-refractivity contribution in [3.8, 4) is 0 Å². The molecule has 2 rings (SSSR count). The van der Waals surface area contributed by atoms with E-state index in [4.69, 9.17) is 0 Å². The minimum atomic E-state index is 0.579. The minimum Gasteiger partial charge on any atom is -0.314 e. The van der Waals surface area contributed by atoms with Crippen molar-refractivity contribution in [1.82, 2.24) is 10.3 Å². The van der Waals surface area contributed by atoms with E-state index in [1.807, 2.05) is 11.3 Å². The maximum absolute atomic E-state index is 4.69. The van der Waals surface area contributed by atoms with E-state index in [-0.39, 0.29) is 0 Å². The first-order valence-electron chi connectivity index (χ1n) is 5.86. The van der Waals surface area contributed by atoms with Gasteiger partial charge in [0.1, 0.15) is 0 Å². The Balaban J connectivity index is 2.08. The molecule has 1 N–H and O–H groups in total. The molecule has 1 atom stereocenters. The molecule has 0 radical (unpaired) electrons. The quantitative estimate of drug-likeness (QED) is 0.854. The highest BCUT2D eigenvalue weighted by atomic mass is 32.1. The molecule has 1 heterocycles. The van der Waals surface area contributed by atoms with Gasteiger partial charge in [-0.05, 0) is 26.2 Å². The molecule has 0 spiro atoms. The normalized spacial score (nSPS) is 20.7. The van der Waals surface area contributed by atoms with Crippen LogP contribution in [0.3, 0.4) is 0 Å². The Hall–Kier alpha value is -0.410. The number of thiazole rings is 1. The maximum Gasteiger partial charge on any atom is 0.0900 e. The van der Waals surface area contributed by atoms with Gasteiger partial charge in [-0.1, -0.05) is 13.8 Å². The summed E-state index contributed by atoms with van der Waals surface area (Å²) < 4.78 is 0. The summed E-state index contributed by atoms with van der Waals surface area (Å²) in [6.45, 7) is 7.62. The fourth-order valence-corrected chi connectivity index (χ4v) is 3.27. The highest BCUT2D eigenvalue weighted by molar-refractivity contribution is 7.11. The molecule has 1 aromatic heterocycles. The van der Waals surface area contributed by atoms with Crippen LogP contribution in [0.2, 0.25) is 0 Å². The van der Waals surface area contributed by atoms with E-state index < -0.39 is 0 Å². The first kappa shape index (κ1) is 11.1. The highest BCUT2D eigenvalue weighted by Crippen LogP contribution is 2.34. The lowest BCUT2D eigenvalue weighted by Crippen LogP contribution is -2.29. The Morgan fingerprint density at radius 3 is 3.07 bits per heavy atom. The lowest BCUT2D eigenvalue weighted by atomic mass is 9.91. The Morgan fingerprint density at radius 2 is 2.33 bits per heavy atom. The fourth-order valence-electron chi connectivity index (χ4n) is 2.21. The van der Waals surface area contributed by atoms with E-state index in [9.17, 15) is 0 Å². The van der Waals surface area contributed by atoms with Gasteiger partial charge in [0.15, 0.2) is 0 Å². The molecular formula is C12H20N2S. The molecule has 0 aliphatic heterocycles. The van der Waals surface area contributed by atoms with Gasteiger partial charge in [-0.25, -0.2) is 4.98 Å².